The van der Waals surface area contributed by atoms with Crippen LogP contribution in [0, 0.1) is 5.82 Å². The summed E-state index contributed by atoms with van der Waals surface area (Å²) in [7, 11) is 0. The standard InChI is InChI=1S/C13H10ClFN4O3S/c14-7-2-1-6(3-8(7)15)16-12(21)13(22)19-9-4-11(20)18-10(5-23)17-9/h1-4,23H,5H2,(H,16,21)(H2,17,18,19,20,22). The van der Waals surface area contributed by atoms with Crippen LogP contribution in [0.2, 0.25) is 5.02 Å². The highest BCUT2D eigenvalue weighted by atomic mass is 35.5. The van der Waals surface area contributed by atoms with Crippen LogP contribution in [0.5, 0.6) is 0 Å². The fraction of sp³-hybridized carbons (Fsp3) is 0.0769. The highest BCUT2D eigenvalue weighted by Gasteiger charge is 2.16. The van der Waals surface area contributed by atoms with E-state index < -0.39 is 23.2 Å². The number of hydrogen-bond acceptors (Lipinski definition) is 5. The summed E-state index contributed by atoms with van der Waals surface area (Å²) in [6.45, 7) is 0. The summed E-state index contributed by atoms with van der Waals surface area (Å²) in [5.74, 6) is -2.57. The van der Waals surface area contributed by atoms with E-state index in [0.717, 1.165) is 12.1 Å². The van der Waals surface area contributed by atoms with Gasteiger partial charge in [-0.25, -0.2) is 9.37 Å². The van der Waals surface area contributed by atoms with Gasteiger partial charge in [0, 0.05) is 17.5 Å². The maximum Gasteiger partial charge on any atom is 0.315 e. The summed E-state index contributed by atoms with van der Waals surface area (Å²) in [6, 6.07) is 4.56. The van der Waals surface area contributed by atoms with Crippen LogP contribution in [0.25, 0.3) is 0 Å². The fourth-order valence-corrected chi connectivity index (χ4v) is 1.85. The number of thiol groups is 1. The first-order valence-electron chi connectivity index (χ1n) is 6.17. The van der Waals surface area contributed by atoms with Crippen LogP contribution >= 0.6 is 24.2 Å². The highest BCUT2D eigenvalue weighted by Crippen LogP contribution is 2.18. The van der Waals surface area contributed by atoms with Crippen molar-refractivity contribution in [1.82, 2.24) is 9.97 Å². The van der Waals surface area contributed by atoms with E-state index in [1.165, 1.54) is 12.1 Å². The largest absolute Gasteiger partial charge is 0.318 e. The molecule has 10 heteroatoms. The Balaban J connectivity index is 2.08. The molecule has 0 spiro atoms. The van der Waals surface area contributed by atoms with Crippen molar-refractivity contribution in [3.8, 4) is 0 Å². The molecule has 0 radical (unpaired) electrons. The van der Waals surface area contributed by atoms with Crippen LogP contribution in [-0.2, 0) is 15.3 Å². The molecule has 120 valence electrons. The summed E-state index contributed by atoms with van der Waals surface area (Å²) in [5, 5.41) is 4.25. The second-order valence-corrected chi connectivity index (χ2v) is 5.00. The average molecular weight is 357 g/mol. The van der Waals surface area contributed by atoms with Crippen LogP contribution in [0.3, 0.4) is 0 Å². The van der Waals surface area contributed by atoms with Gasteiger partial charge < -0.3 is 15.6 Å². The van der Waals surface area contributed by atoms with Crippen molar-refractivity contribution < 1.29 is 14.0 Å². The summed E-state index contributed by atoms with van der Waals surface area (Å²) < 4.78 is 13.3. The Bertz CT molecular complexity index is 827. The SMILES string of the molecule is O=C(Nc1ccc(Cl)c(F)c1)C(=O)Nc1cc(=O)[nH]c(CS)n1. The number of nitrogens with zero attached hydrogens (tertiary/aromatic N) is 1. The Hall–Kier alpha value is -2.39. The van der Waals surface area contributed by atoms with E-state index in [9.17, 15) is 18.8 Å². The fourth-order valence-electron chi connectivity index (χ4n) is 1.58. The molecule has 0 saturated carbocycles. The van der Waals surface area contributed by atoms with Gasteiger partial charge in [0.25, 0.3) is 5.56 Å². The number of carbonyl (C=O) groups excluding carboxylic acids is 2. The van der Waals surface area contributed by atoms with Crippen LogP contribution in [0.15, 0.2) is 29.1 Å². The van der Waals surface area contributed by atoms with Crippen molar-refractivity contribution in [3.63, 3.8) is 0 Å². The van der Waals surface area contributed by atoms with Crippen molar-refractivity contribution in [2.75, 3.05) is 10.6 Å². The third-order valence-corrected chi connectivity index (χ3v) is 3.17. The van der Waals surface area contributed by atoms with Crippen LogP contribution in [0.4, 0.5) is 15.9 Å². The van der Waals surface area contributed by atoms with Crippen molar-refractivity contribution >= 4 is 47.5 Å². The third-order valence-electron chi connectivity index (χ3n) is 2.57. The molecule has 0 saturated heterocycles. The molecule has 1 aromatic carbocycles. The molecule has 0 atom stereocenters. The number of benzene rings is 1. The second kappa shape index (κ2) is 7.25. The number of amides is 2. The van der Waals surface area contributed by atoms with Gasteiger partial charge in [-0.3, -0.25) is 14.4 Å². The minimum atomic E-state index is -1.07. The molecule has 0 bridgehead atoms. The van der Waals surface area contributed by atoms with Gasteiger partial charge in [-0.15, -0.1) is 0 Å². The Morgan fingerprint density at radius 1 is 1.26 bits per heavy atom. The molecule has 23 heavy (non-hydrogen) atoms. The van der Waals surface area contributed by atoms with Gasteiger partial charge in [0.15, 0.2) is 0 Å². The monoisotopic (exact) mass is 356 g/mol. The summed E-state index contributed by atoms with van der Waals surface area (Å²) >= 11 is 9.47. The number of hydrogen-bond donors (Lipinski definition) is 4. The Kier molecular flexibility index (Phi) is 5.35. The van der Waals surface area contributed by atoms with Crippen molar-refractivity contribution in [2.24, 2.45) is 0 Å². The van der Waals surface area contributed by atoms with Crippen LogP contribution < -0.4 is 16.2 Å². The molecular weight excluding hydrogens is 347 g/mol. The molecule has 2 amide bonds. The van der Waals surface area contributed by atoms with Gasteiger partial charge >= 0.3 is 11.8 Å². The molecule has 7 nitrogen and oxygen atoms in total. The normalized spacial score (nSPS) is 10.2. The first-order chi connectivity index (χ1) is 10.9. The van der Waals surface area contributed by atoms with Crippen molar-refractivity contribution in [1.29, 1.82) is 0 Å². The van der Waals surface area contributed by atoms with Gasteiger partial charge in [0.2, 0.25) is 0 Å². The second-order valence-electron chi connectivity index (χ2n) is 4.27. The van der Waals surface area contributed by atoms with Gasteiger partial charge in [-0.2, -0.15) is 12.6 Å². The minimum absolute atomic E-state index is 0.0574. The lowest BCUT2D eigenvalue weighted by molar-refractivity contribution is -0.133. The van der Waals surface area contributed by atoms with E-state index in [4.69, 9.17) is 11.6 Å². The molecule has 0 unspecified atom stereocenters. The lowest BCUT2D eigenvalue weighted by Crippen LogP contribution is -2.30. The molecule has 3 N–H and O–H groups in total. The number of anilines is 2. The summed E-state index contributed by atoms with van der Waals surface area (Å²) in [6.07, 6.45) is 0. The smallest absolute Gasteiger partial charge is 0.315 e. The Morgan fingerprint density at radius 2 is 1.96 bits per heavy atom. The highest BCUT2D eigenvalue weighted by molar-refractivity contribution is 7.79. The number of aromatic nitrogens is 2. The molecule has 0 aliphatic carbocycles. The zero-order valence-electron chi connectivity index (χ0n) is 11.4. The summed E-state index contributed by atoms with van der Waals surface area (Å²) in [5.41, 5.74) is -0.443. The maximum absolute atomic E-state index is 13.3. The van der Waals surface area contributed by atoms with E-state index in [1.807, 2.05) is 0 Å². The van der Waals surface area contributed by atoms with E-state index in [2.05, 4.69) is 33.2 Å². The average Bonchev–Trinajstić information content (AvgIpc) is 2.50. The molecule has 0 fully saturated rings. The first-order valence-corrected chi connectivity index (χ1v) is 7.18. The van der Waals surface area contributed by atoms with E-state index >= 15 is 0 Å². The number of carbonyl (C=O) groups is 2. The number of H-pyrrole nitrogens is 1. The molecule has 1 heterocycles. The van der Waals surface area contributed by atoms with Gasteiger partial charge in [-0.05, 0) is 18.2 Å². The zero-order valence-corrected chi connectivity index (χ0v) is 13.0. The quantitative estimate of drug-likeness (QED) is 0.495. The van der Waals surface area contributed by atoms with Crippen LogP contribution in [0.1, 0.15) is 5.82 Å². The molecule has 0 aliphatic rings. The summed E-state index contributed by atoms with van der Waals surface area (Å²) in [4.78, 5) is 41.1. The Labute approximate surface area is 139 Å². The third kappa shape index (κ3) is 4.54. The predicted octanol–water partition coefficient (Wildman–Crippen LogP) is 1.57. The van der Waals surface area contributed by atoms with Crippen molar-refractivity contribution in [3.05, 3.63) is 51.3 Å². The number of halogens is 2. The first kappa shape index (κ1) is 17.0. The maximum atomic E-state index is 13.3. The van der Waals surface area contributed by atoms with Gasteiger partial charge in [0.05, 0.1) is 5.02 Å². The van der Waals surface area contributed by atoms with Gasteiger partial charge in [0.1, 0.15) is 17.5 Å². The molecular formula is C13H10ClFN4O3S. The van der Waals surface area contributed by atoms with E-state index in [-0.39, 0.29) is 28.1 Å². The minimum Gasteiger partial charge on any atom is -0.318 e. The molecule has 0 aliphatic heterocycles. The predicted molar refractivity (Wildman–Crippen MR) is 86.2 cm³/mol. The lowest BCUT2D eigenvalue weighted by atomic mass is 10.3. The number of rotatable bonds is 3. The molecule has 1 aromatic heterocycles. The van der Waals surface area contributed by atoms with Gasteiger partial charge in [-0.1, -0.05) is 11.6 Å². The zero-order chi connectivity index (χ0) is 17.0. The van der Waals surface area contributed by atoms with Crippen molar-refractivity contribution in [2.45, 2.75) is 5.75 Å². The van der Waals surface area contributed by atoms with E-state index in [0.29, 0.717) is 0 Å². The van der Waals surface area contributed by atoms with E-state index in [1.54, 1.807) is 0 Å². The number of nitrogens with one attached hydrogen (secondary N) is 3. The Morgan fingerprint density at radius 3 is 2.61 bits per heavy atom. The molecule has 2 aromatic rings. The lowest BCUT2D eigenvalue weighted by Gasteiger charge is -2.07. The molecule has 2 rings (SSSR count). The van der Waals surface area contributed by atoms with Crippen LogP contribution in [-0.4, -0.2) is 21.8 Å². The number of aromatic amines is 1. The topological polar surface area (TPSA) is 104 Å².